The normalized spacial score (nSPS) is 28.6. The van der Waals surface area contributed by atoms with Crippen LogP contribution in [0.4, 0.5) is 0 Å². The molecular formula is C17H26N2O. The average Bonchev–Trinajstić information content (AvgIpc) is 2.96. The van der Waals surface area contributed by atoms with Crippen LogP contribution in [0, 0.1) is 11.8 Å². The fourth-order valence-corrected chi connectivity index (χ4v) is 3.91. The van der Waals surface area contributed by atoms with Gasteiger partial charge in [0.05, 0.1) is 6.61 Å². The van der Waals surface area contributed by atoms with Crippen LogP contribution in [0.15, 0.2) is 24.3 Å². The van der Waals surface area contributed by atoms with Gasteiger partial charge in [0, 0.05) is 30.7 Å². The van der Waals surface area contributed by atoms with Crippen molar-refractivity contribution in [1.82, 2.24) is 10.2 Å². The highest BCUT2D eigenvalue weighted by atomic mass is 16.5. The molecule has 0 aliphatic carbocycles. The van der Waals surface area contributed by atoms with Crippen LogP contribution < -0.4 is 10.1 Å². The van der Waals surface area contributed by atoms with E-state index in [2.05, 4.69) is 48.3 Å². The lowest BCUT2D eigenvalue weighted by molar-refractivity contribution is 0.130. The van der Waals surface area contributed by atoms with Crippen LogP contribution in [0.25, 0.3) is 0 Å². The molecule has 20 heavy (non-hydrogen) atoms. The number of hydrogen-bond acceptors (Lipinski definition) is 3. The van der Waals surface area contributed by atoms with Crippen molar-refractivity contribution in [2.75, 3.05) is 26.2 Å². The topological polar surface area (TPSA) is 24.5 Å². The minimum atomic E-state index is 0.271. The third-order valence-corrected chi connectivity index (χ3v) is 5.15. The molecule has 0 spiro atoms. The number of benzene rings is 1. The lowest BCUT2D eigenvalue weighted by atomic mass is 9.85. The van der Waals surface area contributed by atoms with Crippen molar-refractivity contribution in [3.8, 4) is 5.75 Å². The van der Waals surface area contributed by atoms with Crippen molar-refractivity contribution in [3.63, 3.8) is 0 Å². The summed E-state index contributed by atoms with van der Waals surface area (Å²) < 4.78 is 5.77. The van der Waals surface area contributed by atoms with Crippen molar-refractivity contribution in [2.24, 2.45) is 11.8 Å². The van der Waals surface area contributed by atoms with Gasteiger partial charge in [0.25, 0.3) is 0 Å². The quantitative estimate of drug-likeness (QED) is 0.913. The van der Waals surface area contributed by atoms with Crippen LogP contribution in [0.1, 0.15) is 26.3 Å². The molecule has 0 radical (unpaired) electrons. The molecule has 2 unspecified atom stereocenters. The Morgan fingerprint density at radius 1 is 1.30 bits per heavy atom. The number of rotatable bonds is 4. The SMILES string of the molecule is CCOc1ccccc1CN1CC2CNCC2C1(C)C. The van der Waals surface area contributed by atoms with Crippen molar-refractivity contribution >= 4 is 0 Å². The van der Waals surface area contributed by atoms with Gasteiger partial charge in [0.2, 0.25) is 0 Å². The summed E-state index contributed by atoms with van der Waals surface area (Å²) in [6.07, 6.45) is 0. The molecule has 0 bridgehead atoms. The lowest BCUT2D eigenvalue weighted by Crippen LogP contribution is -2.43. The molecule has 2 atom stereocenters. The Bertz CT molecular complexity index is 472. The lowest BCUT2D eigenvalue weighted by Gasteiger charge is -2.36. The maximum absolute atomic E-state index is 5.77. The molecule has 1 aromatic rings. The van der Waals surface area contributed by atoms with Crippen LogP contribution in [0.3, 0.4) is 0 Å². The highest BCUT2D eigenvalue weighted by Gasteiger charge is 2.49. The number of nitrogens with one attached hydrogen (secondary N) is 1. The number of ether oxygens (including phenoxy) is 1. The second kappa shape index (κ2) is 5.38. The van der Waals surface area contributed by atoms with Crippen LogP contribution in [-0.2, 0) is 6.54 Å². The van der Waals surface area contributed by atoms with E-state index in [4.69, 9.17) is 4.74 Å². The van der Waals surface area contributed by atoms with E-state index in [1.165, 1.54) is 25.2 Å². The third kappa shape index (κ3) is 2.33. The predicted molar refractivity (Wildman–Crippen MR) is 81.9 cm³/mol. The summed E-state index contributed by atoms with van der Waals surface area (Å²) in [6.45, 7) is 12.1. The minimum absolute atomic E-state index is 0.271. The second-order valence-corrected chi connectivity index (χ2v) is 6.60. The Hall–Kier alpha value is -1.06. The molecule has 2 saturated heterocycles. The van der Waals surface area contributed by atoms with E-state index in [-0.39, 0.29) is 5.54 Å². The molecule has 2 fully saturated rings. The van der Waals surface area contributed by atoms with Crippen LogP contribution in [0.5, 0.6) is 5.75 Å². The molecule has 3 rings (SSSR count). The smallest absolute Gasteiger partial charge is 0.123 e. The van der Waals surface area contributed by atoms with Crippen molar-refractivity contribution in [1.29, 1.82) is 0 Å². The van der Waals surface area contributed by atoms with E-state index in [9.17, 15) is 0 Å². The van der Waals surface area contributed by atoms with Crippen LogP contribution in [0.2, 0.25) is 0 Å². The first kappa shape index (κ1) is 13.9. The molecule has 0 aromatic heterocycles. The van der Waals surface area contributed by atoms with Crippen LogP contribution >= 0.6 is 0 Å². The molecule has 2 aliphatic heterocycles. The van der Waals surface area contributed by atoms with E-state index >= 15 is 0 Å². The molecular weight excluding hydrogens is 248 g/mol. The van der Waals surface area contributed by atoms with Gasteiger partial charge in [-0.1, -0.05) is 18.2 Å². The highest BCUT2D eigenvalue weighted by molar-refractivity contribution is 5.33. The maximum atomic E-state index is 5.77. The highest BCUT2D eigenvalue weighted by Crippen LogP contribution is 2.41. The number of hydrogen-bond donors (Lipinski definition) is 1. The Balaban J connectivity index is 1.78. The zero-order valence-corrected chi connectivity index (χ0v) is 12.9. The van der Waals surface area contributed by atoms with Gasteiger partial charge in [-0.3, -0.25) is 4.90 Å². The summed E-state index contributed by atoms with van der Waals surface area (Å²) in [7, 11) is 0. The average molecular weight is 274 g/mol. The molecule has 1 aromatic carbocycles. The Kier molecular flexibility index (Phi) is 3.74. The Labute approximate surface area is 122 Å². The van der Waals surface area contributed by atoms with Gasteiger partial charge in [0.1, 0.15) is 5.75 Å². The standard InChI is InChI=1S/C17H26N2O/c1-4-20-16-8-6-5-7-13(16)11-19-12-14-9-18-10-15(14)17(19,2)3/h5-8,14-15,18H,4,9-12H2,1-3H3. The number of nitrogens with zero attached hydrogens (tertiary/aromatic N) is 1. The Morgan fingerprint density at radius 3 is 2.85 bits per heavy atom. The van der Waals surface area contributed by atoms with Crippen molar-refractivity contribution in [3.05, 3.63) is 29.8 Å². The van der Waals surface area contributed by atoms with E-state index in [0.717, 1.165) is 30.7 Å². The zero-order chi connectivity index (χ0) is 14.2. The third-order valence-electron chi connectivity index (χ3n) is 5.15. The molecule has 1 N–H and O–H groups in total. The molecule has 3 nitrogen and oxygen atoms in total. The van der Waals surface area contributed by atoms with Gasteiger partial charge < -0.3 is 10.1 Å². The fourth-order valence-electron chi connectivity index (χ4n) is 3.91. The summed E-state index contributed by atoms with van der Waals surface area (Å²) >= 11 is 0. The molecule has 2 heterocycles. The monoisotopic (exact) mass is 274 g/mol. The molecule has 2 aliphatic rings. The molecule has 110 valence electrons. The summed E-state index contributed by atoms with van der Waals surface area (Å²) in [5, 5.41) is 3.54. The van der Waals surface area contributed by atoms with Gasteiger partial charge in [-0.25, -0.2) is 0 Å². The van der Waals surface area contributed by atoms with Crippen molar-refractivity contribution < 1.29 is 4.74 Å². The van der Waals surface area contributed by atoms with E-state index in [1.54, 1.807) is 0 Å². The first-order valence-electron chi connectivity index (χ1n) is 7.79. The predicted octanol–water partition coefficient (Wildman–Crippen LogP) is 2.52. The van der Waals surface area contributed by atoms with E-state index < -0.39 is 0 Å². The maximum Gasteiger partial charge on any atom is 0.123 e. The largest absolute Gasteiger partial charge is 0.494 e. The second-order valence-electron chi connectivity index (χ2n) is 6.60. The number of para-hydroxylation sites is 1. The Morgan fingerprint density at radius 2 is 2.10 bits per heavy atom. The number of fused-ring (bicyclic) bond motifs is 1. The van der Waals surface area contributed by atoms with Gasteiger partial charge >= 0.3 is 0 Å². The molecule has 0 amide bonds. The summed E-state index contributed by atoms with van der Waals surface area (Å²) in [5.41, 5.74) is 1.59. The van der Waals surface area contributed by atoms with Gasteiger partial charge in [0.15, 0.2) is 0 Å². The zero-order valence-electron chi connectivity index (χ0n) is 12.9. The first-order chi connectivity index (χ1) is 9.63. The van der Waals surface area contributed by atoms with E-state index in [1.807, 2.05) is 6.92 Å². The van der Waals surface area contributed by atoms with Gasteiger partial charge in [-0.2, -0.15) is 0 Å². The summed E-state index contributed by atoms with van der Waals surface area (Å²) in [5.74, 6) is 2.63. The molecule has 0 saturated carbocycles. The van der Waals surface area contributed by atoms with Crippen LogP contribution in [-0.4, -0.2) is 36.7 Å². The fraction of sp³-hybridized carbons (Fsp3) is 0.647. The minimum Gasteiger partial charge on any atom is -0.494 e. The van der Waals surface area contributed by atoms with Gasteiger partial charge in [-0.15, -0.1) is 0 Å². The summed E-state index contributed by atoms with van der Waals surface area (Å²) in [6, 6.07) is 8.46. The molecule has 3 heteroatoms. The first-order valence-corrected chi connectivity index (χ1v) is 7.79. The van der Waals surface area contributed by atoms with Crippen molar-refractivity contribution in [2.45, 2.75) is 32.9 Å². The van der Waals surface area contributed by atoms with E-state index in [0.29, 0.717) is 0 Å². The van der Waals surface area contributed by atoms with Gasteiger partial charge in [-0.05, 0) is 45.2 Å². The number of likely N-dealkylation sites (tertiary alicyclic amines) is 1. The summed E-state index contributed by atoms with van der Waals surface area (Å²) in [4.78, 5) is 2.64.